The Kier molecular flexibility index (Phi) is 6.69. The normalized spacial score (nSPS) is 18.2. The minimum absolute atomic E-state index is 0.0461. The van der Waals surface area contributed by atoms with Crippen LogP contribution >= 0.6 is 11.7 Å². The maximum absolute atomic E-state index is 13.5. The number of anilines is 1. The summed E-state index contributed by atoms with van der Waals surface area (Å²) in [6.07, 6.45) is 0. The highest BCUT2D eigenvalue weighted by Gasteiger charge is 2.35. The molecule has 3 aromatic rings. The smallest absolute Gasteiger partial charge is 0.243 e. The monoisotopic (exact) mass is 487 g/mol. The van der Waals surface area contributed by atoms with E-state index in [2.05, 4.69) is 50.4 Å². The van der Waals surface area contributed by atoms with Gasteiger partial charge in [0.25, 0.3) is 0 Å². The first-order chi connectivity index (χ1) is 15.7. The van der Waals surface area contributed by atoms with Crippen LogP contribution in [0.15, 0.2) is 47.4 Å². The Hall–Kier alpha value is -2.56. The Bertz CT molecular complexity index is 1260. The molecule has 0 bridgehead atoms. The number of nitrogens with zero attached hydrogens (tertiary/aromatic N) is 4. The number of benzene rings is 2. The topological polar surface area (TPSA) is 95.5 Å². The van der Waals surface area contributed by atoms with Crippen LogP contribution in [0.25, 0.3) is 11.0 Å². The second-order valence-electron chi connectivity index (χ2n) is 8.90. The first-order valence-electron chi connectivity index (χ1n) is 11.0. The Morgan fingerprint density at radius 3 is 2.61 bits per heavy atom. The maximum atomic E-state index is 13.5. The molecule has 1 aromatic heterocycles. The molecule has 0 spiro atoms. The number of carbonyl (C=O) groups is 1. The van der Waals surface area contributed by atoms with Gasteiger partial charge in [0.1, 0.15) is 22.0 Å². The molecule has 1 aliphatic heterocycles. The average molecular weight is 488 g/mol. The van der Waals surface area contributed by atoms with Crippen LogP contribution in [0.3, 0.4) is 0 Å². The van der Waals surface area contributed by atoms with E-state index in [0.29, 0.717) is 30.7 Å². The molecule has 1 N–H and O–H groups in total. The Morgan fingerprint density at radius 2 is 1.91 bits per heavy atom. The fourth-order valence-corrected chi connectivity index (χ4v) is 6.35. The van der Waals surface area contributed by atoms with Crippen molar-refractivity contribution >= 4 is 44.4 Å². The molecule has 176 valence electrons. The highest BCUT2D eigenvalue weighted by molar-refractivity contribution is 7.89. The number of hydrogen-bond acceptors (Lipinski definition) is 7. The lowest BCUT2D eigenvalue weighted by Crippen LogP contribution is -2.59. The van der Waals surface area contributed by atoms with Gasteiger partial charge in [0.2, 0.25) is 15.9 Å². The summed E-state index contributed by atoms with van der Waals surface area (Å²) in [5, 5.41) is 0. The summed E-state index contributed by atoms with van der Waals surface area (Å²) >= 11 is 0.965. The van der Waals surface area contributed by atoms with Gasteiger partial charge in [0, 0.05) is 31.4 Å². The minimum Gasteiger partial charge on any atom is -0.365 e. The number of fused-ring (bicyclic) bond motifs is 1. The summed E-state index contributed by atoms with van der Waals surface area (Å²) in [5.74, 6) is -0.418. The van der Waals surface area contributed by atoms with Gasteiger partial charge < -0.3 is 9.80 Å². The fraction of sp³-hybridized carbons (Fsp3) is 0.435. The summed E-state index contributed by atoms with van der Waals surface area (Å²) < 4.78 is 37.4. The molecule has 1 saturated heterocycles. The molecule has 0 aliphatic carbocycles. The third kappa shape index (κ3) is 4.87. The predicted octanol–water partition coefficient (Wildman–Crippen LogP) is 3.04. The van der Waals surface area contributed by atoms with Gasteiger partial charge >= 0.3 is 0 Å². The van der Waals surface area contributed by atoms with Crippen molar-refractivity contribution in [1.29, 1.82) is 0 Å². The van der Waals surface area contributed by atoms with Crippen LogP contribution in [-0.2, 0) is 14.8 Å². The molecule has 8 nitrogen and oxygen atoms in total. The molecule has 1 aliphatic rings. The molecular weight excluding hydrogens is 458 g/mol. The highest BCUT2D eigenvalue weighted by Crippen LogP contribution is 2.24. The molecule has 0 saturated carbocycles. The van der Waals surface area contributed by atoms with E-state index in [1.165, 1.54) is 11.6 Å². The predicted molar refractivity (Wildman–Crippen MR) is 131 cm³/mol. The van der Waals surface area contributed by atoms with E-state index in [0.717, 1.165) is 17.4 Å². The van der Waals surface area contributed by atoms with E-state index >= 15 is 0 Å². The number of hydrogen-bond donors (Lipinski definition) is 1. The van der Waals surface area contributed by atoms with E-state index in [-0.39, 0.29) is 22.8 Å². The van der Waals surface area contributed by atoms with Crippen LogP contribution in [-0.4, -0.2) is 59.7 Å². The molecule has 2 aromatic carbocycles. The fourth-order valence-electron chi connectivity index (χ4n) is 4.25. The number of sulfonamides is 1. The SMILES string of the molecule is Cc1cccc(N2CCN(C(=O)[C@@H](NS(=O)(=O)c3cccc4nsnc34)C(C)C)C[C@H]2C)c1. The van der Waals surface area contributed by atoms with E-state index in [1.807, 2.05) is 19.9 Å². The number of rotatable bonds is 6. The Balaban J connectivity index is 1.52. The third-order valence-corrected chi connectivity index (χ3v) is 8.04. The lowest BCUT2D eigenvalue weighted by Gasteiger charge is -2.42. The van der Waals surface area contributed by atoms with Crippen molar-refractivity contribution in [3.05, 3.63) is 48.0 Å². The molecule has 4 rings (SSSR count). The van der Waals surface area contributed by atoms with E-state index in [9.17, 15) is 13.2 Å². The molecule has 1 amide bonds. The molecule has 0 radical (unpaired) electrons. The standard InChI is InChI=1S/C23H29N5O3S2/c1-15(2)21(26-33(30,31)20-10-6-9-19-22(20)25-32-24-19)23(29)27-11-12-28(17(4)14-27)18-8-5-7-16(3)13-18/h5-10,13,15,17,21,26H,11-12,14H2,1-4H3/t17-,21+/m1/s1. The zero-order valence-electron chi connectivity index (χ0n) is 19.2. The lowest BCUT2D eigenvalue weighted by atomic mass is 10.0. The first-order valence-corrected chi connectivity index (χ1v) is 13.2. The summed E-state index contributed by atoms with van der Waals surface area (Å²) in [6.45, 7) is 9.61. The largest absolute Gasteiger partial charge is 0.365 e. The molecule has 0 unspecified atom stereocenters. The van der Waals surface area contributed by atoms with Crippen molar-refractivity contribution in [2.75, 3.05) is 24.5 Å². The first kappa shape index (κ1) is 23.6. The van der Waals surface area contributed by atoms with Gasteiger partial charge in [-0.05, 0) is 49.6 Å². The van der Waals surface area contributed by atoms with Crippen LogP contribution in [0.4, 0.5) is 5.69 Å². The van der Waals surface area contributed by atoms with E-state index < -0.39 is 16.1 Å². The zero-order chi connectivity index (χ0) is 23.8. The van der Waals surface area contributed by atoms with Crippen LogP contribution in [0.1, 0.15) is 26.3 Å². The summed E-state index contributed by atoms with van der Waals surface area (Å²) in [7, 11) is -3.96. The van der Waals surface area contributed by atoms with Crippen LogP contribution in [0.2, 0.25) is 0 Å². The Labute approximate surface area is 199 Å². The van der Waals surface area contributed by atoms with Gasteiger partial charge in [0.05, 0.1) is 11.7 Å². The second-order valence-corrected chi connectivity index (χ2v) is 11.1. The molecule has 2 heterocycles. The van der Waals surface area contributed by atoms with Crippen molar-refractivity contribution in [2.24, 2.45) is 5.92 Å². The maximum Gasteiger partial charge on any atom is 0.243 e. The van der Waals surface area contributed by atoms with Crippen LogP contribution in [0.5, 0.6) is 0 Å². The zero-order valence-corrected chi connectivity index (χ0v) is 20.9. The summed E-state index contributed by atoms with van der Waals surface area (Å²) in [5.41, 5.74) is 3.18. The summed E-state index contributed by atoms with van der Waals surface area (Å²) in [6, 6.07) is 12.4. The molecular formula is C23H29N5O3S2. The van der Waals surface area contributed by atoms with Crippen molar-refractivity contribution in [3.63, 3.8) is 0 Å². The third-order valence-electron chi connectivity index (χ3n) is 6.03. The van der Waals surface area contributed by atoms with Crippen molar-refractivity contribution in [1.82, 2.24) is 18.4 Å². The number of carbonyl (C=O) groups excluding carboxylic acids is 1. The minimum atomic E-state index is -3.96. The van der Waals surface area contributed by atoms with Crippen LogP contribution < -0.4 is 9.62 Å². The van der Waals surface area contributed by atoms with Gasteiger partial charge in [0.15, 0.2) is 0 Å². The van der Waals surface area contributed by atoms with Gasteiger partial charge in [-0.25, -0.2) is 8.42 Å². The summed E-state index contributed by atoms with van der Waals surface area (Å²) in [4.78, 5) is 17.6. The number of aromatic nitrogens is 2. The average Bonchev–Trinajstić information content (AvgIpc) is 3.25. The number of aryl methyl sites for hydroxylation is 1. The molecule has 1 fully saturated rings. The van der Waals surface area contributed by atoms with Crippen molar-refractivity contribution in [3.8, 4) is 0 Å². The highest BCUT2D eigenvalue weighted by atomic mass is 32.2. The van der Waals surface area contributed by atoms with Gasteiger partial charge in [-0.3, -0.25) is 4.79 Å². The molecule has 33 heavy (non-hydrogen) atoms. The number of amides is 1. The molecule has 10 heteroatoms. The van der Waals surface area contributed by atoms with Crippen molar-refractivity contribution in [2.45, 2.75) is 44.7 Å². The lowest BCUT2D eigenvalue weighted by molar-refractivity contribution is -0.134. The molecule has 2 atom stereocenters. The number of nitrogens with one attached hydrogen (secondary N) is 1. The van der Waals surface area contributed by atoms with Crippen LogP contribution in [0, 0.1) is 12.8 Å². The second kappa shape index (κ2) is 9.36. The number of piperazine rings is 1. The van der Waals surface area contributed by atoms with E-state index in [4.69, 9.17) is 0 Å². The van der Waals surface area contributed by atoms with Gasteiger partial charge in [-0.15, -0.1) is 0 Å². The van der Waals surface area contributed by atoms with Gasteiger partial charge in [-0.2, -0.15) is 13.5 Å². The van der Waals surface area contributed by atoms with Gasteiger partial charge in [-0.1, -0.05) is 32.0 Å². The van der Waals surface area contributed by atoms with E-state index in [1.54, 1.807) is 17.0 Å². The quantitative estimate of drug-likeness (QED) is 0.574. The van der Waals surface area contributed by atoms with Crippen molar-refractivity contribution < 1.29 is 13.2 Å². The Morgan fingerprint density at radius 1 is 1.15 bits per heavy atom.